The smallest absolute Gasteiger partial charge is 0.410 e. The number of piperidine rings is 1. The van der Waals surface area contributed by atoms with Gasteiger partial charge in [0.05, 0.1) is 0 Å². The number of carbonyl (C=O) groups excluding carboxylic acids is 1. The van der Waals surface area contributed by atoms with Gasteiger partial charge in [-0.1, -0.05) is 19.9 Å². The molecule has 0 atom stereocenters. The first kappa shape index (κ1) is 20.0. The highest BCUT2D eigenvalue weighted by Crippen LogP contribution is 2.19. The Morgan fingerprint density at radius 1 is 1.23 bits per heavy atom. The number of aromatic nitrogens is 3. The van der Waals surface area contributed by atoms with E-state index in [4.69, 9.17) is 4.74 Å². The zero-order chi connectivity index (χ0) is 19.3. The van der Waals surface area contributed by atoms with Crippen molar-refractivity contribution in [3.63, 3.8) is 0 Å². The number of likely N-dealkylation sites (tertiary alicyclic amines) is 1. The van der Waals surface area contributed by atoms with Gasteiger partial charge in [0.25, 0.3) is 0 Å². The molecule has 0 unspecified atom stereocenters. The molecule has 144 valence electrons. The van der Waals surface area contributed by atoms with E-state index in [0.717, 1.165) is 30.0 Å². The van der Waals surface area contributed by atoms with E-state index in [2.05, 4.69) is 15.5 Å². The second-order valence-electron chi connectivity index (χ2n) is 7.29. The van der Waals surface area contributed by atoms with Crippen molar-refractivity contribution in [3.8, 4) is 0 Å². The van der Waals surface area contributed by atoms with Crippen molar-refractivity contribution >= 4 is 17.7 Å². The molecule has 3 heterocycles. The highest BCUT2D eigenvalue weighted by molar-refractivity contribution is 5.68. The fourth-order valence-electron chi connectivity index (χ4n) is 2.86. The van der Waals surface area contributed by atoms with E-state index in [1.54, 1.807) is 4.90 Å². The van der Waals surface area contributed by atoms with Crippen molar-refractivity contribution < 1.29 is 9.53 Å². The van der Waals surface area contributed by atoms with Gasteiger partial charge in [0.15, 0.2) is 5.65 Å². The minimum atomic E-state index is -0.454. The first-order valence-corrected chi connectivity index (χ1v) is 9.38. The summed E-state index contributed by atoms with van der Waals surface area (Å²) in [6.45, 7) is 13.0. The molecule has 1 fully saturated rings. The lowest BCUT2D eigenvalue weighted by molar-refractivity contribution is 0.0210. The summed E-state index contributed by atoms with van der Waals surface area (Å²) in [5.41, 5.74) is 1.51. The predicted octanol–water partition coefficient (Wildman–Crippen LogP) is 3.88. The quantitative estimate of drug-likeness (QED) is 0.879. The normalized spacial score (nSPS) is 15.4. The molecule has 0 aromatic carbocycles. The summed E-state index contributed by atoms with van der Waals surface area (Å²) in [7, 11) is 0. The molecule has 0 saturated carbocycles. The monoisotopic (exact) mass is 361 g/mol. The third kappa shape index (κ3) is 4.86. The van der Waals surface area contributed by atoms with E-state index in [9.17, 15) is 4.79 Å². The van der Waals surface area contributed by atoms with Crippen LogP contribution >= 0.6 is 0 Å². The van der Waals surface area contributed by atoms with E-state index in [1.807, 2.05) is 64.3 Å². The van der Waals surface area contributed by atoms with Crippen LogP contribution in [0.2, 0.25) is 0 Å². The fraction of sp³-hybridized carbons (Fsp3) is 0.632. The number of amides is 1. The molecule has 2 aromatic rings. The summed E-state index contributed by atoms with van der Waals surface area (Å²) in [6.07, 6.45) is 3.45. The maximum absolute atomic E-state index is 12.1. The lowest BCUT2D eigenvalue weighted by Gasteiger charge is -2.33. The van der Waals surface area contributed by atoms with Gasteiger partial charge in [0.2, 0.25) is 5.95 Å². The van der Waals surface area contributed by atoms with E-state index < -0.39 is 5.60 Å². The molecular formula is C19H31N5O2. The standard InChI is InChI=1S/C17H25N5O2.C2H6/c1-12-6-5-9-22-14(12)19-20-15(22)18-13-7-10-21(11-8-13)16(23)24-17(2,3)4;1-2/h5-6,9,13H,7-8,10-11H2,1-4H3,(H,18,20);1-2H3. The summed E-state index contributed by atoms with van der Waals surface area (Å²) in [5.74, 6) is 0.754. The minimum absolute atomic E-state index is 0.232. The lowest BCUT2D eigenvalue weighted by Crippen LogP contribution is -2.44. The molecule has 0 spiro atoms. The minimum Gasteiger partial charge on any atom is -0.444 e. The first-order valence-electron chi connectivity index (χ1n) is 9.38. The summed E-state index contributed by atoms with van der Waals surface area (Å²) in [5, 5.41) is 11.9. The van der Waals surface area contributed by atoms with Gasteiger partial charge in [-0.05, 0) is 52.2 Å². The Balaban J connectivity index is 0.00000117. The highest BCUT2D eigenvalue weighted by Gasteiger charge is 2.27. The van der Waals surface area contributed by atoms with Crippen LogP contribution in [0.3, 0.4) is 0 Å². The molecule has 0 aliphatic carbocycles. The van der Waals surface area contributed by atoms with Crippen LogP contribution in [0.15, 0.2) is 18.3 Å². The number of carbonyl (C=O) groups is 1. The lowest BCUT2D eigenvalue weighted by atomic mass is 10.1. The van der Waals surface area contributed by atoms with Crippen molar-refractivity contribution in [2.75, 3.05) is 18.4 Å². The molecule has 0 bridgehead atoms. The zero-order valence-electron chi connectivity index (χ0n) is 16.7. The van der Waals surface area contributed by atoms with Crippen LogP contribution in [0.25, 0.3) is 5.65 Å². The largest absolute Gasteiger partial charge is 0.444 e. The average Bonchev–Trinajstić information content (AvgIpc) is 3.00. The number of rotatable bonds is 2. The van der Waals surface area contributed by atoms with Crippen LogP contribution < -0.4 is 5.32 Å². The van der Waals surface area contributed by atoms with E-state index >= 15 is 0 Å². The second-order valence-corrected chi connectivity index (χ2v) is 7.29. The predicted molar refractivity (Wildman–Crippen MR) is 104 cm³/mol. The Kier molecular flexibility index (Phi) is 6.45. The molecule has 2 aromatic heterocycles. The van der Waals surface area contributed by atoms with Gasteiger partial charge in [0.1, 0.15) is 5.60 Å². The van der Waals surface area contributed by atoms with Gasteiger partial charge in [-0.3, -0.25) is 4.40 Å². The van der Waals surface area contributed by atoms with Crippen molar-refractivity contribution in [2.24, 2.45) is 0 Å². The van der Waals surface area contributed by atoms with E-state index in [0.29, 0.717) is 13.1 Å². The Bertz CT molecular complexity index is 727. The third-order valence-electron chi connectivity index (χ3n) is 4.11. The number of hydrogen-bond donors (Lipinski definition) is 1. The molecule has 1 aliphatic rings. The van der Waals surface area contributed by atoms with Crippen LogP contribution in [0.5, 0.6) is 0 Å². The van der Waals surface area contributed by atoms with Crippen molar-refractivity contribution in [1.29, 1.82) is 0 Å². The number of fused-ring (bicyclic) bond motifs is 1. The Hall–Kier alpha value is -2.31. The van der Waals surface area contributed by atoms with Crippen molar-refractivity contribution in [3.05, 3.63) is 23.9 Å². The number of nitrogens with zero attached hydrogens (tertiary/aromatic N) is 4. The van der Waals surface area contributed by atoms with Crippen LogP contribution in [-0.4, -0.2) is 50.3 Å². The first-order chi connectivity index (χ1) is 12.3. The zero-order valence-corrected chi connectivity index (χ0v) is 16.7. The maximum Gasteiger partial charge on any atom is 0.410 e. The van der Waals surface area contributed by atoms with Crippen LogP contribution in [0.1, 0.15) is 53.0 Å². The number of pyridine rings is 1. The number of anilines is 1. The second kappa shape index (κ2) is 8.38. The summed E-state index contributed by atoms with van der Waals surface area (Å²) < 4.78 is 7.40. The van der Waals surface area contributed by atoms with Gasteiger partial charge < -0.3 is 15.0 Å². The molecule has 0 radical (unpaired) electrons. The topological polar surface area (TPSA) is 71.8 Å². The molecule has 26 heavy (non-hydrogen) atoms. The molecule has 1 saturated heterocycles. The number of aryl methyl sites for hydroxylation is 1. The molecular weight excluding hydrogens is 330 g/mol. The SMILES string of the molecule is CC.Cc1cccn2c(NC3CCN(C(=O)OC(C)(C)C)CC3)nnc12. The summed E-state index contributed by atoms with van der Waals surface area (Å²) >= 11 is 0. The number of nitrogens with one attached hydrogen (secondary N) is 1. The fourth-order valence-corrected chi connectivity index (χ4v) is 2.86. The van der Waals surface area contributed by atoms with E-state index in [1.165, 1.54) is 0 Å². The van der Waals surface area contributed by atoms with Crippen LogP contribution in [-0.2, 0) is 4.74 Å². The van der Waals surface area contributed by atoms with Crippen molar-refractivity contribution in [2.45, 2.75) is 66.0 Å². The van der Waals surface area contributed by atoms with Gasteiger partial charge in [-0.2, -0.15) is 0 Å². The third-order valence-corrected chi connectivity index (χ3v) is 4.11. The van der Waals surface area contributed by atoms with E-state index in [-0.39, 0.29) is 12.1 Å². The maximum atomic E-state index is 12.1. The summed E-state index contributed by atoms with van der Waals surface area (Å²) in [4.78, 5) is 13.9. The van der Waals surface area contributed by atoms with Gasteiger partial charge >= 0.3 is 6.09 Å². The van der Waals surface area contributed by atoms with Gasteiger partial charge in [0, 0.05) is 25.3 Å². The Morgan fingerprint density at radius 2 is 1.88 bits per heavy atom. The van der Waals surface area contributed by atoms with Gasteiger partial charge in [-0.25, -0.2) is 4.79 Å². The molecule has 1 N–H and O–H groups in total. The van der Waals surface area contributed by atoms with Crippen molar-refractivity contribution in [1.82, 2.24) is 19.5 Å². The molecule has 7 nitrogen and oxygen atoms in total. The molecule has 3 rings (SSSR count). The molecule has 1 aliphatic heterocycles. The van der Waals surface area contributed by atoms with Gasteiger partial charge in [-0.15, -0.1) is 10.2 Å². The molecule has 1 amide bonds. The van der Waals surface area contributed by atoms with Crippen LogP contribution in [0.4, 0.5) is 10.7 Å². The number of hydrogen-bond acceptors (Lipinski definition) is 5. The average molecular weight is 361 g/mol. The van der Waals surface area contributed by atoms with Crippen LogP contribution in [0, 0.1) is 6.92 Å². The highest BCUT2D eigenvalue weighted by atomic mass is 16.6. The molecule has 7 heteroatoms. The number of ether oxygens (including phenoxy) is 1. The summed E-state index contributed by atoms with van der Waals surface area (Å²) in [6, 6.07) is 4.28. The Morgan fingerprint density at radius 3 is 2.50 bits per heavy atom. The Labute approximate surface area is 155 Å².